The SMILES string of the molecule is CC(C)CNC[C@@H](O)[C@H](Cc1ccccc1)OC(N)=O. The van der Waals surface area contributed by atoms with Crippen LogP contribution in [0.1, 0.15) is 19.4 Å². The van der Waals surface area contributed by atoms with Crippen LogP contribution in [0.3, 0.4) is 0 Å². The normalized spacial score (nSPS) is 14.0. The molecule has 0 radical (unpaired) electrons. The van der Waals surface area contributed by atoms with Crippen LogP contribution in [0.25, 0.3) is 0 Å². The van der Waals surface area contributed by atoms with Crippen LogP contribution >= 0.6 is 0 Å². The maximum absolute atomic E-state index is 11.0. The Kier molecular flexibility index (Phi) is 7.04. The number of carbonyl (C=O) groups excluding carboxylic acids is 1. The zero-order chi connectivity index (χ0) is 15.0. The first-order chi connectivity index (χ1) is 9.49. The smallest absolute Gasteiger partial charge is 0.404 e. The number of primary amides is 1. The van der Waals surface area contributed by atoms with Gasteiger partial charge in [0.05, 0.1) is 0 Å². The van der Waals surface area contributed by atoms with Crippen LogP contribution in [0.5, 0.6) is 0 Å². The van der Waals surface area contributed by atoms with Crippen molar-refractivity contribution in [2.45, 2.75) is 32.5 Å². The molecule has 0 aliphatic carbocycles. The molecule has 5 heteroatoms. The fourth-order valence-corrected chi connectivity index (χ4v) is 1.90. The summed E-state index contributed by atoms with van der Waals surface area (Å²) in [6.45, 7) is 5.33. The van der Waals surface area contributed by atoms with Crippen molar-refractivity contribution in [3.05, 3.63) is 35.9 Å². The minimum absolute atomic E-state index is 0.364. The van der Waals surface area contributed by atoms with Crippen LogP contribution in [0.2, 0.25) is 0 Å². The van der Waals surface area contributed by atoms with Crippen LogP contribution in [-0.2, 0) is 11.2 Å². The van der Waals surface area contributed by atoms with E-state index < -0.39 is 18.3 Å². The standard InChI is InChI=1S/C15H24N2O3/c1-11(2)9-17-10-13(18)14(20-15(16)19)8-12-6-4-3-5-7-12/h3-7,11,13-14,17-18H,8-10H2,1-2H3,(H2,16,19)/t13-,14+/m1/s1. The number of amides is 1. The van der Waals surface area contributed by atoms with Gasteiger partial charge in [-0.05, 0) is 18.0 Å². The number of hydrogen-bond donors (Lipinski definition) is 3. The maximum Gasteiger partial charge on any atom is 0.404 e. The lowest BCUT2D eigenvalue weighted by molar-refractivity contribution is 0.00722. The summed E-state index contributed by atoms with van der Waals surface area (Å²) in [6.07, 6.45) is -1.86. The largest absolute Gasteiger partial charge is 0.443 e. The first kappa shape index (κ1) is 16.5. The molecule has 1 aromatic carbocycles. The van der Waals surface area contributed by atoms with Crippen molar-refractivity contribution in [2.24, 2.45) is 11.7 Å². The summed E-state index contributed by atoms with van der Waals surface area (Å²) in [7, 11) is 0. The van der Waals surface area contributed by atoms with Gasteiger partial charge in [0.25, 0.3) is 0 Å². The minimum Gasteiger partial charge on any atom is -0.443 e. The van der Waals surface area contributed by atoms with Gasteiger partial charge in [-0.15, -0.1) is 0 Å². The van der Waals surface area contributed by atoms with Crippen molar-refractivity contribution >= 4 is 6.09 Å². The first-order valence-electron chi connectivity index (χ1n) is 6.87. The molecule has 0 saturated carbocycles. The number of carbonyl (C=O) groups is 1. The average Bonchev–Trinajstić information content (AvgIpc) is 2.38. The van der Waals surface area contributed by atoms with E-state index in [9.17, 15) is 9.90 Å². The van der Waals surface area contributed by atoms with Gasteiger partial charge < -0.3 is 20.9 Å². The number of rotatable bonds is 8. The lowest BCUT2D eigenvalue weighted by Crippen LogP contribution is -2.42. The van der Waals surface area contributed by atoms with E-state index in [4.69, 9.17) is 10.5 Å². The summed E-state index contributed by atoms with van der Waals surface area (Å²) in [6, 6.07) is 9.56. The summed E-state index contributed by atoms with van der Waals surface area (Å²) < 4.78 is 5.02. The third-order valence-corrected chi connectivity index (χ3v) is 2.88. The van der Waals surface area contributed by atoms with E-state index in [0.717, 1.165) is 12.1 Å². The molecule has 1 aromatic rings. The molecule has 1 rings (SSSR count). The molecule has 5 nitrogen and oxygen atoms in total. The summed E-state index contributed by atoms with van der Waals surface area (Å²) >= 11 is 0. The van der Waals surface area contributed by atoms with Gasteiger partial charge in [-0.2, -0.15) is 0 Å². The highest BCUT2D eigenvalue weighted by Gasteiger charge is 2.22. The molecule has 4 N–H and O–H groups in total. The molecule has 0 saturated heterocycles. The van der Waals surface area contributed by atoms with E-state index in [2.05, 4.69) is 19.2 Å². The molecule has 1 amide bonds. The minimum atomic E-state index is -0.867. The van der Waals surface area contributed by atoms with Crippen molar-refractivity contribution < 1.29 is 14.6 Å². The predicted octanol–water partition coefficient (Wildman–Crippen LogP) is 1.30. The Morgan fingerprint density at radius 2 is 1.95 bits per heavy atom. The Hall–Kier alpha value is -1.59. The number of benzene rings is 1. The molecule has 0 spiro atoms. The summed E-state index contributed by atoms with van der Waals surface area (Å²) in [5.74, 6) is 0.492. The lowest BCUT2D eigenvalue weighted by atomic mass is 10.0. The van der Waals surface area contributed by atoms with Gasteiger partial charge >= 0.3 is 6.09 Å². The molecule has 0 aliphatic heterocycles. The van der Waals surface area contributed by atoms with E-state index in [1.807, 2.05) is 30.3 Å². The van der Waals surface area contributed by atoms with Crippen LogP contribution in [0.15, 0.2) is 30.3 Å². The van der Waals surface area contributed by atoms with Gasteiger partial charge in [0, 0.05) is 13.0 Å². The molecule has 0 bridgehead atoms. The number of hydrogen-bond acceptors (Lipinski definition) is 4. The van der Waals surface area contributed by atoms with Gasteiger partial charge in [-0.3, -0.25) is 0 Å². The zero-order valence-electron chi connectivity index (χ0n) is 12.1. The first-order valence-corrected chi connectivity index (χ1v) is 6.87. The Bertz CT molecular complexity index is 395. The quantitative estimate of drug-likeness (QED) is 0.670. The molecule has 2 atom stereocenters. The van der Waals surface area contributed by atoms with Crippen LogP contribution in [-0.4, -0.2) is 36.5 Å². The second-order valence-electron chi connectivity index (χ2n) is 5.28. The highest BCUT2D eigenvalue weighted by atomic mass is 16.6. The summed E-state index contributed by atoms with van der Waals surface area (Å²) in [5, 5.41) is 13.3. The Morgan fingerprint density at radius 3 is 2.50 bits per heavy atom. The molecule has 112 valence electrons. The van der Waals surface area contributed by atoms with Gasteiger partial charge in [-0.25, -0.2) is 4.79 Å². The fourth-order valence-electron chi connectivity index (χ4n) is 1.90. The second kappa shape index (κ2) is 8.55. The van der Waals surface area contributed by atoms with E-state index in [0.29, 0.717) is 18.9 Å². The van der Waals surface area contributed by atoms with Gasteiger partial charge in [-0.1, -0.05) is 44.2 Å². The Balaban J connectivity index is 2.56. The average molecular weight is 280 g/mol. The highest BCUT2D eigenvalue weighted by molar-refractivity contribution is 5.64. The van der Waals surface area contributed by atoms with Crippen molar-refractivity contribution in [2.75, 3.05) is 13.1 Å². The number of nitrogens with two attached hydrogens (primary N) is 1. The predicted molar refractivity (Wildman–Crippen MR) is 78.3 cm³/mol. The second-order valence-corrected chi connectivity index (χ2v) is 5.28. The maximum atomic E-state index is 11.0. The van der Waals surface area contributed by atoms with Gasteiger partial charge in [0.1, 0.15) is 12.2 Å². The third kappa shape index (κ3) is 6.54. The van der Waals surface area contributed by atoms with Crippen molar-refractivity contribution in [1.82, 2.24) is 5.32 Å². The van der Waals surface area contributed by atoms with Crippen molar-refractivity contribution in [1.29, 1.82) is 0 Å². The molecular weight excluding hydrogens is 256 g/mol. The van der Waals surface area contributed by atoms with Gasteiger partial charge in [0.15, 0.2) is 0 Å². The molecule has 0 unspecified atom stereocenters. The van der Waals surface area contributed by atoms with E-state index in [1.54, 1.807) is 0 Å². The molecule has 0 aliphatic rings. The van der Waals surface area contributed by atoms with Crippen LogP contribution in [0, 0.1) is 5.92 Å². The molecule has 0 fully saturated rings. The number of ether oxygens (including phenoxy) is 1. The van der Waals surface area contributed by atoms with Gasteiger partial charge in [0.2, 0.25) is 0 Å². The van der Waals surface area contributed by atoms with E-state index in [-0.39, 0.29) is 0 Å². The van der Waals surface area contributed by atoms with Crippen LogP contribution < -0.4 is 11.1 Å². The molecular formula is C15H24N2O3. The van der Waals surface area contributed by atoms with Crippen molar-refractivity contribution in [3.8, 4) is 0 Å². The fraction of sp³-hybridized carbons (Fsp3) is 0.533. The Morgan fingerprint density at radius 1 is 1.30 bits per heavy atom. The number of aliphatic hydroxyl groups excluding tert-OH is 1. The Labute approximate surface area is 120 Å². The summed E-state index contributed by atoms with van der Waals surface area (Å²) in [5.41, 5.74) is 6.06. The molecule has 20 heavy (non-hydrogen) atoms. The zero-order valence-corrected chi connectivity index (χ0v) is 12.1. The monoisotopic (exact) mass is 280 g/mol. The molecule has 0 aromatic heterocycles. The van der Waals surface area contributed by atoms with Crippen molar-refractivity contribution in [3.63, 3.8) is 0 Å². The van der Waals surface area contributed by atoms with Crippen LogP contribution in [0.4, 0.5) is 4.79 Å². The summed E-state index contributed by atoms with van der Waals surface area (Å²) in [4.78, 5) is 11.0. The number of aliphatic hydroxyl groups is 1. The lowest BCUT2D eigenvalue weighted by Gasteiger charge is -2.23. The highest BCUT2D eigenvalue weighted by Crippen LogP contribution is 2.09. The molecule has 0 heterocycles. The third-order valence-electron chi connectivity index (χ3n) is 2.88. The topological polar surface area (TPSA) is 84.6 Å². The number of nitrogens with one attached hydrogen (secondary N) is 1. The van der Waals surface area contributed by atoms with E-state index in [1.165, 1.54) is 0 Å². The van der Waals surface area contributed by atoms with E-state index >= 15 is 0 Å².